The van der Waals surface area contributed by atoms with E-state index in [-0.39, 0.29) is 4.90 Å². The number of hydrogen-bond acceptors (Lipinski definition) is 5. The van der Waals surface area contributed by atoms with Crippen LogP contribution >= 0.6 is 0 Å². The van der Waals surface area contributed by atoms with Crippen molar-refractivity contribution < 1.29 is 22.7 Å². The van der Waals surface area contributed by atoms with Gasteiger partial charge >= 0.3 is 0 Å². The summed E-state index contributed by atoms with van der Waals surface area (Å²) in [6.07, 6.45) is 0.644. The highest BCUT2D eigenvalue weighted by atomic mass is 32.2. The molecular weight excluding hydrogens is 575 g/mol. The minimum atomic E-state index is -4.08. The molecule has 0 saturated carbocycles. The Morgan fingerprint density at radius 2 is 1.30 bits per heavy atom. The molecule has 0 bridgehead atoms. The Bertz CT molecular complexity index is 1520. The number of aliphatic hydroxyl groups is 1. The minimum absolute atomic E-state index is 0.0528. The minimum Gasteiger partial charge on any atom is -0.489 e. The molecule has 2 N–H and O–H groups in total. The van der Waals surface area contributed by atoms with E-state index in [1.54, 1.807) is 19.1 Å². The van der Waals surface area contributed by atoms with Crippen molar-refractivity contribution in [1.29, 1.82) is 0 Å². The van der Waals surface area contributed by atoms with Crippen molar-refractivity contribution in [3.05, 3.63) is 133 Å². The Morgan fingerprint density at radius 3 is 1.77 bits per heavy atom. The summed E-state index contributed by atoms with van der Waals surface area (Å²) in [5.41, 5.74) is -1.18. The predicted octanol–water partition coefficient (Wildman–Crippen LogP) is 4.82. The summed E-state index contributed by atoms with van der Waals surface area (Å²) in [5, 5.41) is 13.7. The summed E-state index contributed by atoms with van der Waals surface area (Å²) in [4.78, 5) is 0.0528. The van der Waals surface area contributed by atoms with Gasteiger partial charge in [-0.05, 0) is 52.5 Å². The van der Waals surface area contributed by atoms with Gasteiger partial charge in [0.1, 0.15) is 12.4 Å². The van der Waals surface area contributed by atoms with E-state index in [0.717, 1.165) is 15.9 Å². The van der Waals surface area contributed by atoms with Gasteiger partial charge in [0.25, 0.3) is 0 Å². The third-order valence-electron chi connectivity index (χ3n) is 7.35. The molecule has 3 atom stereocenters. The summed E-state index contributed by atoms with van der Waals surface area (Å²) in [7, 11) is -6.41. The Labute approximate surface area is 257 Å². The van der Waals surface area contributed by atoms with E-state index in [4.69, 9.17) is 9.16 Å². The topological polar surface area (TPSA) is 84.9 Å². The molecule has 43 heavy (non-hydrogen) atoms. The van der Waals surface area contributed by atoms with Crippen LogP contribution in [0.15, 0.2) is 133 Å². The number of ether oxygens (including phenoxy) is 1. The molecule has 0 radical (unpaired) electrons. The molecule has 4 rings (SSSR count). The fraction of sp³-hybridized carbons (Fsp3) is 0.257. The van der Waals surface area contributed by atoms with E-state index in [1.807, 2.05) is 112 Å². The van der Waals surface area contributed by atoms with Gasteiger partial charge in [-0.3, -0.25) is 0 Å². The summed E-state index contributed by atoms with van der Waals surface area (Å²) >= 11 is 0. The molecule has 0 aliphatic heterocycles. The van der Waals surface area contributed by atoms with Crippen molar-refractivity contribution in [2.45, 2.75) is 56.9 Å². The van der Waals surface area contributed by atoms with Gasteiger partial charge in [-0.2, -0.15) is 0 Å². The molecular formula is C35H41NO5SSi. The van der Waals surface area contributed by atoms with E-state index in [1.165, 1.54) is 18.2 Å². The molecule has 8 heteroatoms. The normalized spacial score (nSPS) is 14.9. The van der Waals surface area contributed by atoms with Gasteiger partial charge in [0, 0.05) is 0 Å². The lowest BCUT2D eigenvalue weighted by Crippen LogP contribution is -2.63. The van der Waals surface area contributed by atoms with Gasteiger partial charge in [-0.25, -0.2) is 13.1 Å². The van der Waals surface area contributed by atoms with Gasteiger partial charge in [0.2, 0.25) is 19.1 Å². The molecule has 0 spiro atoms. The van der Waals surface area contributed by atoms with E-state index >= 15 is 0 Å². The number of benzene rings is 4. The molecule has 226 valence electrons. The Balaban J connectivity index is 1.65. The van der Waals surface area contributed by atoms with Gasteiger partial charge in [-0.1, -0.05) is 118 Å². The van der Waals surface area contributed by atoms with E-state index < -0.39 is 42.2 Å². The van der Waals surface area contributed by atoms with Crippen LogP contribution in [0.4, 0.5) is 0 Å². The zero-order chi connectivity index (χ0) is 31.1. The molecule has 3 unspecified atom stereocenters. The molecule has 6 nitrogen and oxygen atoms in total. The first-order valence-corrected chi connectivity index (χ1v) is 17.4. The van der Waals surface area contributed by atoms with Gasteiger partial charge in [0.15, 0.2) is 0 Å². The highest BCUT2D eigenvalue weighted by Gasteiger charge is 2.45. The van der Waals surface area contributed by atoms with Crippen LogP contribution in [-0.2, 0) is 21.1 Å². The second-order valence-electron chi connectivity index (χ2n) is 11.9. The van der Waals surface area contributed by atoms with Crippen molar-refractivity contribution in [2.24, 2.45) is 5.41 Å². The standard InChI is InChI=1S/C35H41NO5SSi/c1-6-35(5,37)32(36-42(38,39)29-24-22-28(23-25-29)40-26-27-16-10-7-11-17-27)33(34(2,3)4)41-43(30-18-12-8-13-19-30)31-20-14-9-15-21-31/h6-25,32-33,36-37,43H,1,26H2,2-5H3. The van der Waals surface area contributed by atoms with Crippen LogP contribution in [-0.4, -0.2) is 40.3 Å². The molecule has 0 fully saturated rings. The van der Waals surface area contributed by atoms with E-state index in [9.17, 15) is 13.5 Å². The van der Waals surface area contributed by atoms with E-state index in [2.05, 4.69) is 11.3 Å². The maximum Gasteiger partial charge on any atom is 0.241 e. The summed E-state index contributed by atoms with van der Waals surface area (Å²) in [5.74, 6) is 0.549. The molecule has 0 heterocycles. The molecule has 0 aliphatic carbocycles. The van der Waals surface area contributed by atoms with Crippen LogP contribution in [0, 0.1) is 5.41 Å². The Morgan fingerprint density at radius 1 is 0.814 bits per heavy atom. The highest BCUT2D eigenvalue weighted by molar-refractivity contribution is 7.89. The number of hydrogen-bond donors (Lipinski definition) is 2. The van der Waals surface area contributed by atoms with Crippen molar-refractivity contribution in [1.82, 2.24) is 4.72 Å². The van der Waals surface area contributed by atoms with E-state index in [0.29, 0.717) is 12.4 Å². The Kier molecular flexibility index (Phi) is 10.4. The quantitative estimate of drug-likeness (QED) is 0.167. The zero-order valence-electron chi connectivity index (χ0n) is 25.2. The van der Waals surface area contributed by atoms with Crippen LogP contribution in [0.2, 0.25) is 0 Å². The predicted molar refractivity (Wildman–Crippen MR) is 176 cm³/mol. The first-order valence-electron chi connectivity index (χ1n) is 14.3. The lowest BCUT2D eigenvalue weighted by Gasteiger charge is -2.44. The maximum absolute atomic E-state index is 13.8. The molecule has 0 amide bonds. The number of nitrogens with one attached hydrogen (secondary N) is 1. The second kappa shape index (κ2) is 13.8. The SMILES string of the molecule is C=CC(C)(O)C(NS(=O)(=O)c1ccc(OCc2ccccc2)cc1)C(O[SiH](c1ccccc1)c1ccccc1)C(C)(C)C. The highest BCUT2D eigenvalue weighted by Crippen LogP contribution is 2.32. The van der Waals surface area contributed by atoms with Crippen molar-refractivity contribution in [3.8, 4) is 5.75 Å². The molecule has 4 aromatic rings. The average Bonchev–Trinajstić information content (AvgIpc) is 3.00. The van der Waals surface area contributed by atoms with Crippen LogP contribution < -0.4 is 19.8 Å². The first-order chi connectivity index (χ1) is 20.4. The first kappa shape index (κ1) is 32.4. The third-order valence-corrected chi connectivity index (χ3v) is 11.4. The molecule has 0 aromatic heterocycles. The number of sulfonamides is 1. The largest absolute Gasteiger partial charge is 0.489 e. The summed E-state index contributed by atoms with van der Waals surface area (Å²) < 4.78 is 43.3. The van der Waals surface area contributed by atoms with Gasteiger partial charge < -0.3 is 14.3 Å². The van der Waals surface area contributed by atoms with Crippen LogP contribution in [0.1, 0.15) is 33.3 Å². The van der Waals surface area contributed by atoms with Crippen LogP contribution in [0.3, 0.4) is 0 Å². The maximum atomic E-state index is 13.8. The van der Waals surface area contributed by atoms with Crippen molar-refractivity contribution >= 4 is 29.4 Å². The second-order valence-corrected chi connectivity index (χ2v) is 16.0. The van der Waals surface area contributed by atoms with Gasteiger partial charge in [-0.15, -0.1) is 6.58 Å². The lowest BCUT2D eigenvalue weighted by atomic mass is 9.79. The molecule has 4 aromatic carbocycles. The zero-order valence-corrected chi connectivity index (χ0v) is 27.2. The summed E-state index contributed by atoms with van der Waals surface area (Å²) in [6.45, 7) is 11.7. The third kappa shape index (κ3) is 8.52. The fourth-order valence-electron chi connectivity index (χ4n) is 4.84. The number of rotatable bonds is 13. The van der Waals surface area contributed by atoms with Crippen LogP contribution in [0.25, 0.3) is 0 Å². The lowest BCUT2D eigenvalue weighted by molar-refractivity contribution is -0.0238. The summed E-state index contributed by atoms with van der Waals surface area (Å²) in [6, 6.07) is 34.9. The molecule has 0 aliphatic rings. The fourth-order valence-corrected chi connectivity index (χ4v) is 8.87. The average molecular weight is 616 g/mol. The smallest absolute Gasteiger partial charge is 0.241 e. The van der Waals surface area contributed by atoms with Gasteiger partial charge in [0.05, 0.1) is 22.6 Å². The molecule has 0 saturated heterocycles. The van der Waals surface area contributed by atoms with Crippen molar-refractivity contribution in [2.75, 3.05) is 0 Å². The van der Waals surface area contributed by atoms with Crippen LogP contribution in [0.5, 0.6) is 5.75 Å². The monoisotopic (exact) mass is 615 g/mol. The van der Waals surface area contributed by atoms with Crippen molar-refractivity contribution in [3.63, 3.8) is 0 Å². The Hall–Kier alpha value is -3.53.